The van der Waals surface area contributed by atoms with Gasteiger partial charge in [-0.15, -0.1) is 0 Å². The molecule has 0 aromatic heterocycles. The Balaban J connectivity index is 2.39. The summed E-state index contributed by atoms with van der Waals surface area (Å²) in [4.78, 5) is 0. The molecule has 0 nitrogen and oxygen atoms in total. The van der Waals surface area contributed by atoms with Gasteiger partial charge >= 0.3 is 0 Å². The predicted molar refractivity (Wildman–Crippen MR) is 55.1 cm³/mol. The molecule has 0 spiro atoms. The van der Waals surface area contributed by atoms with Crippen molar-refractivity contribution in [2.45, 2.75) is 33.1 Å². The summed E-state index contributed by atoms with van der Waals surface area (Å²) >= 11 is 0. The summed E-state index contributed by atoms with van der Waals surface area (Å²) in [5, 5.41) is 0. The van der Waals surface area contributed by atoms with Gasteiger partial charge in [0.2, 0.25) is 0 Å². The van der Waals surface area contributed by atoms with E-state index in [1.54, 1.807) is 0 Å². The quantitative estimate of drug-likeness (QED) is 0.553. The van der Waals surface area contributed by atoms with E-state index in [0.29, 0.717) is 5.92 Å². The molecule has 0 aliphatic heterocycles. The molecule has 0 amide bonds. The zero-order valence-corrected chi connectivity index (χ0v) is 8.09. The number of hydrogen-bond acceptors (Lipinski definition) is 0. The minimum Gasteiger partial charge on any atom is -0.0914 e. The van der Waals surface area contributed by atoms with Gasteiger partial charge in [-0.1, -0.05) is 42.9 Å². The molecule has 0 aromatic carbocycles. The van der Waals surface area contributed by atoms with E-state index in [2.05, 4.69) is 44.2 Å². The first kappa shape index (κ1) is 9.31. The van der Waals surface area contributed by atoms with Gasteiger partial charge in [0.25, 0.3) is 0 Å². The smallest absolute Gasteiger partial charge is 0.0222 e. The maximum Gasteiger partial charge on any atom is -0.0222 e. The summed E-state index contributed by atoms with van der Waals surface area (Å²) in [5.41, 5.74) is 1.51. The Morgan fingerprint density at radius 2 is 2.33 bits per heavy atom. The van der Waals surface area contributed by atoms with Crippen LogP contribution in [0.5, 0.6) is 0 Å². The van der Waals surface area contributed by atoms with E-state index in [1.807, 2.05) is 0 Å². The van der Waals surface area contributed by atoms with Gasteiger partial charge in [-0.3, -0.25) is 0 Å². The minimum absolute atomic E-state index is 0.684. The monoisotopic (exact) mass is 162 g/mol. The molecule has 0 heteroatoms. The molecule has 1 rings (SSSR count). The molecule has 0 fully saturated rings. The molecule has 1 aliphatic carbocycles. The van der Waals surface area contributed by atoms with Crippen molar-refractivity contribution in [3.8, 4) is 0 Å². The number of allylic oxidation sites excluding steroid dienone is 6. The highest BCUT2D eigenvalue weighted by Crippen LogP contribution is 2.18. The lowest BCUT2D eigenvalue weighted by molar-refractivity contribution is 0.719. The normalized spacial score (nSPS) is 19.7. The summed E-state index contributed by atoms with van der Waals surface area (Å²) in [7, 11) is 0. The van der Waals surface area contributed by atoms with Crippen LogP contribution in [-0.4, -0.2) is 0 Å². The highest BCUT2D eigenvalue weighted by Gasteiger charge is 2.01. The maximum absolute atomic E-state index is 2.36. The molecule has 12 heavy (non-hydrogen) atoms. The maximum atomic E-state index is 2.36. The van der Waals surface area contributed by atoms with Gasteiger partial charge in [0.05, 0.1) is 0 Å². The lowest BCUT2D eigenvalue weighted by Gasteiger charge is -2.09. The van der Waals surface area contributed by atoms with E-state index in [9.17, 15) is 0 Å². The van der Waals surface area contributed by atoms with E-state index in [0.717, 1.165) is 0 Å². The average Bonchev–Trinajstić information content (AvgIpc) is 2.06. The van der Waals surface area contributed by atoms with E-state index in [-0.39, 0.29) is 0 Å². The standard InChI is InChI=1S/C12H18/c1-3-7-11(2)10-12-8-5-4-6-9-12/h3,5,7-9,11H,4,6,10H2,1-2H3/b7-3-. The Kier molecular flexibility index (Phi) is 3.86. The Morgan fingerprint density at radius 3 is 2.92 bits per heavy atom. The summed E-state index contributed by atoms with van der Waals surface area (Å²) < 4.78 is 0. The SMILES string of the molecule is C/C=C\C(C)CC1=CCCC=C1. The van der Waals surface area contributed by atoms with Crippen molar-refractivity contribution >= 4 is 0 Å². The van der Waals surface area contributed by atoms with Crippen LogP contribution in [0.15, 0.2) is 36.0 Å². The highest BCUT2D eigenvalue weighted by molar-refractivity contribution is 5.22. The van der Waals surface area contributed by atoms with Crippen molar-refractivity contribution in [1.29, 1.82) is 0 Å². The number of rotatable bonds is 3. The molecule has 0 heterocycles. The zero-order chi connectivity index (χ0) is 8.81. The first-order valence-corrected chi connectivity index (χ1v) is 4.81. The van der Waals surface area contributed by atoms with Crippen molar-refractivity contribution < 1.29 is 0 Å². The Hall–Kier alpha value is -0.780. The lowest BCUT2D eigenvalue weighted by Crippen LogP contribution is -1.93. The Morgan fingerprint density at radius 1 is 1.50 bits per heavy atom. The largest absolute Gasteiger partial charge is 0.0914 e. The second-order valence-electron chi connectivity index (χ2n) is 3.47. The van der Waals surface area contributed by atoms with Crippen LogP contribution in [0.4, 0.5) is 0 Å². The predicted octanol–water partition coefficient (Wildman–Crippen LogP) is 3.87. The van der Waals surface area contributed by atoms with E-state index >= 15 is 0 Å². The van der Waals surface area contributed by atoms with Crippen molar-refractivity contribution in [1.82, 2.24) is 0 Å². The topological polar surface area (TPSA) is 0 Å². The molecule has 0 bridgehead atoms. The van der Waals surface area contributed by atoms with Gasteiger partial charge in [-0.25, -0.2) is 0 Å². The summed E-state index contributed by atoms with van der Waals surface area (Å²) in [6, 6.07) is 0. The van der Waals surface area contributed by atoms with Gasteiger partial charge in [0.15, 0.2) is 0 Å². The third-order valence-electron chi connectivity index (χ3n) is 2.15. The molecule has 1 atom stereocenters. The van der Waals surface area contributed by atoms with Crippen LogP contribution >= 0.6 is 0 Å². The van der Waals surface area contributed by atoms with Crippen LogP contribution in [0.1, 0.15) is 33.1 Å². The van der Waals surface area contributed by atoms with Gasteiger partial charge in [0.1, 0.15) is 0 Å². The zero-order valence-electron chi connectivity index (χ0n) is 8.09. The van der Waals surface area contributed by atoms with E-state index in [4.69, 9.17) is 0 Å². The third-order valence-corrected chi connectivity index (χ3v) is 2.15. The molecular weight excluding hydrogens is 144 g/mol. The van der Waals surface area contributed by atoms with Gasteiger partial charge < -0.3 is 0 Å². The first-order valence-electron chi connectivity index (χ1n) is 4.81. The van der Waals surface area contributed by atoms with Crippen molar-refractivity contribution in [3.05, 3.63) is 36.0 Å². The molecule has 0 saturated carbocycles. The lowest BCUT2D eigenvalue weighted by atomic mass is 9.96. The van der Waals surface area contributed by atoms with Crippen molar-refractivity contribution in [3.63, 3.8) is 0 Å². The fourth-order valence-electron chi connectivity index (χ4n) is 1.59. The van der Waals surface area contributed by atoms with Crippen molar-refractivity contribution in [2.75, 3.05) is 0 Å². The van der Waals surface area contributed by atoms with Crippen LogP contribution in [0.3, 0.4) is 0 Å². The molecular formula is C12H18. The Bertz CT molecular complexity index is 206. The van der Waals surface area contributed by atoms with Crippen LogP contribution in [0, 0.1) is 5.92 Å². The molecule has 0 saturated heterocycles. The van der Waals surface area contributed by atoms with E-state index < -0.39 is 0 Å². The highest BCUT2D eigenvalue weighted by atomic mass is 14.1. The molecule has 66 valence electrons. The van der Waals surface area contributed by atoms with Crippen LogP contribution in [0.2, 0.25) is 0 Å². The average molecular weight is 162 g/mol. The van der Waals surface area contributed by atoms with Gasteiger partial charge in [-0.05, 0) is 32.1 Å². The summed E-state index contributed by atoms with van der Waals surface area (Å²) in [5.74, 6) is 0.684. The van der Waals surface area contributed by atoms with Crippen molar-refractivity contribution in [2.24, 2.45) is 5.92 Å². The van der Waals surface area contributed by atoms with Gasteiger partial charge in [-0.2, -0.15) is 0 Å². The van der Waals surface area contributed by atoms with Crippen LogP contribution in [0.25, 0.3) is 0 Å². The second kappa shape index (κ2) is 4.97. The van der Waals surface area contributed by atoms with Crippen LogP contribution in [-0.2, 0) is 0 Å². The number of hydrogen-bond donors (Lipinski definition) is 0. The fourth-order valence-corrected chi connectivity index (χ4v) is 1.59. The molecule has 0 N–H and O–H groups in total. The fraction of sp³-hybridized carbons (Fsp3) is 0.500. The summed E-state index contributed by atoms with van der Waals surface area (Å²) in [6.07, 6.45) is 15.0. The first-order chi connectivity index (χ1) is 5.83. The van der Waals surface area contributed by atoms with E-state index in [1.165, 1.54) is 24.8 Å². The summed E-state index contributed by atoms with van der Waals surface area (Å²) in [6.45, 7) is 4.35. The minimum atomic E-state index is 0.684. The third kappa shape index (κ3) is 3.08. The van der Waals surface area contributed by atoms with Crippen LogP contribution < -0.4 is 0 Å². The Labute approximate surface area is 75.7 Å². The molecule has 1 aliphatic rings. The van der Waals surface area contributed by atoms with Gasteiger partial charge in [0, 0.05) is 0 Å². The molecule has 0 aromatic rings. The molecule has 0 radical (unpaired) electrons. The second-order valence-corrected chi connectivity index (χ2v) is 3.47. The molecule has 1 unspecified atom stereocenters.